The number of anilines is 2. The first-order valence-electron chi connectivity index (χ1n) is 10.8. The Labute approximate surface area is 198 Å². The number of benzene rings is 3. The SMILES string of the molecule is CCOc1cc(NC(=O)c2ccc(OC)cc2)c(OCC)cc1NC(=O)c1ccc(OC)cc1. The van der Waals surface area contributed by atoms with Gasteiger partial charge in [-0.3, -0.25) is 9.59 Å². The van der Waals surface area contributed by atoms with Crippen molar-refractivity contribution in [2.45, 2.75) is 13.8 Å². The molecule has 178 valence electrons. The minimum Gasteiger partial charge on any atom is -0.497 e. The van der Waals surface area contributed by atoms with E-state index >= 15 is 0 Å². The predicted octanol–water partition coefficient (Wildman–Crippen LogP) is 5.01. The van der Waals surface area contributed by atoms with Crippen LogP contribution < -0.4 is 29.6 Å². The summed E-state index contributed by atoms with van der Waals surface area (Å²) in [7, 11) is 3.13. The number of nitrogens with one attached hydrogen (secondary N) is 2. The number of carbonyl (C=O) groups excluding carboxylic acids is 2. The summed E-state index contributed by atoms with van der Waals surface area (Å²) in [5, 5.41) is 5.72. The van der Waals surface area contributed by atoms with Crippen LogP contribution in [0.2, 0.25) is 0 Å². The smallest absolute Gasteiger partial charge is 0.255 e. The molecule has 8 heteroatoms. The van der Waals surface area contributed by atoms with Crippen molar-refractivity contribution in [3.8, 4) is 23.0 Å². The van der Waals surface area contributed by atoms with Crippen LogP contribution in [0.5, 0.6) is 23.0 Å². The molecule has 34 heavy (non-hydrogen) atoms. The number of amides is 2. The van der Waals surface area contributed by atoms with Crippen molar-refractivity contribution in [1.29, 1.82) is 0 Å². The highest BCUT2D eigenvalue weighted by atomic mass is 16.5. The molecule has 3 aromatic rings. The van der Waals surface area contributed by atoms with E-state index in [-0.39, 0.29) is 11.8 Å². The lowest BCUT2D eigenvalue weighted by molar-refractivity contribution is 0.101. The highest BCUT2D eigenvalue weighted by Crippen LogP contribution is 2.37. The van der Waals surface area contributed by atoms with E-state index in [0.29, 0.717) is 58.7 Å². The molecule has 0 radical (unpaired) electrons. The van der Waals surface area contributed by atoms with Crippen molar-refractivity contribution in [2.24, 2.45) is 0 Å². The molecule has 3 aromatic carbocycles. The topological polar surface area (TPSA) is 95.1 Å². The van der Waals surface area contributed by atoms with Gasteiger partial charge in [0.15, 0.2) is 0 Å². The zero-order valence-corrected chi connectivity index (χ0v) is 19.6. The molecular formula is C26H28N2O6. The van der Waals surface area contributed by atoms with Crippen LogP contribution in [-0.4, -0.2) is 39.2 Å². The minimum atomic E-state index is -0.318. The van der Waals surface area contributed by atoms with Gasteiger partial charge in [-0.2, -0.15) is 0 Å². The van der Waals surface area contributed by atoms with E-state index in [2.05, 4.69) is 10.6 Å². The summed E-state index contributed by atoms with van der Waals surface area (Å²) in [6, 6.07) is 16.8. The lowest BCUT2D eigenvalue weighted by Gasteiger charge is -2.18. The van der Waals surface area contributed by atoms with Gasteiger partial charge in [-0.15, -0.1) is 0 Å². The lowest BCUT2D eigenvalue weighted by Crippen LogP contribution is -2.15. The predicted molar refractivity (Wildman–Crippen MR) is 131 cm³/mol. The summed E-state index contributed by atoms with van der Waals surface area (Å²) >= 11 is 0. The largest absolute Gasteiger partial charge is 0.497 e. The van der Waals surface area contributed by atoms with E-state index in [4.69, 9.17) is 18.9 Å². The second-order valence-electron chi connectivity index (χ2n) is 7.08. The fraction of sp³-hybridized carbons (Fsp3) is 0.231. The molecule has 3 rings (SSSR count). The van der Waals surface area contributed by atoms with E-state index in [1.54, 1.807) is 74.9 Å². The Bertz CT molecular complexity index is 1040. The standard InChI is InChI=1S/C26H28N2O6/c1-5-33-23-15-22(28-26(30)18-9-13-20(32-4)14-10-18)24(34-6-2)16-21(23)27-25(29)17-7-11-19(31-3)12-8-17/h7-16H,5-6H2,1-4H3,(H,27,29)(H,28,30). The average Bonchev–Trinajstić information content (AvgIpc) is 2.86. The average molecular weight is 465 g/mol. The first kappa shape index (κ1) is 24.4. The normalized spacial score (nSPS) is 10.2. The van der Waals surface area contributed by atoms with E-state index < -0.39 is 0 Å². The number of ether oxygens (including phenoxy) is 4. The molecule has 2 N–H and O–H groups in total. The van der Waals surface area contributed by atoms with Gasteiger partial charge in [-0.1, -0.05) is 0 Å². The second-order valence-corrected chi connectivity index (χ2v) is 7.08. The molecule has 0 fully saturated rings. The van der Waals surface area contributed by atoms with Crippen molar-refractivity contribution in [2.75, 3.05) is 38.1 Å². The summed E-state index contributed by atoms with van der Waals surface area (Å²) < 4.78 is 21.8. The molecule has 0 aliphatic carbocycles. The summed E-state index contributed by atoms with van der Waals surface area (Å²) in [5.41, 5.74) is 1.76. The number of hydrogen-bond acceptors (Lipinski definition) is 6. The third-order valence-electron chi connectivity index (χ3n) is 4.88. The maximum atomic E-state index is 12.8. The Hall–Kier alpha value is -4.20. The van der Waals surface area contributed by atoms with Gasteiger partial charge in [0.05, 0.1) is 38.8 Å². The van der Waals surface area contributed by atoms with Gasteiger partial charge in [-0.25, -0.2) is 0 Å². The molecule has 0 unspecified atom stereocenters. The molecule has 0 atom stereocenters. The summed E-state index contributed by atoms with van der Waals surface area (Å²) in [6.07, 6.45) is 0. The maximum absolute atomic E-state index is 12.8. The molecule has 8 nitrogen and oxygen atoms in total. The van der Waals surface area contributed by atoms with E-state index in [1.165, 1.54) is 0 Å². The van der Waals surface area contributed by atoms with Crippen LogP contribution in [-0.2, 0) is 0 Å². The quantitative estimate of drug-likeness (QED) is 0.438. The lowest BCUT2D eigenvalue weighted by atomic mass is 10.1. The minimum absolute atomic E-state index is 0.318. The molecule has 0 heterocycles. The first-order valence-corrected chi connectivity index (χ1v) is 10.8. The van der Waals surface area contributed by atoms with E-state index in [9.17, 15) is 9.59 Å². The van der Waals surface area contributed by atoms with E-state index in [1.807, 2.05) is 13.8 Å². The van der Waals surface area contributed by atoms with Gasteiger partial charge in [0.2, 0.25) is 0 Å². The van der Waals surface area contributed by atoms with E-state index in [0.717, 1.165) is 0 Å². The second kappa shape index (κ2) is 11.6. The monoisotopic (exact) mass is 464 g/mol. The molecule has 0 aliphatic rings. The van der Waals surface area contributed by atoms with Gasteiger partial charge in [0.25, 0.3) is 11.8 Å². The Balaban J connectivity index is 1.89. The number of rotatable bonds is 10. The van der Waals surface area contributed by atoms with Crippen LogP contribution in [0.1, 0.15) is 34.6 Å². The Morgan fingerprint density at radius 2 is 1.00 bits per heavy atom. The van der Waals surface area contributed by atoms with Gasteiger partial charge in [0.1, 0.15) is 23.0 Å². The van der Waals surface area contributed by atoms with Crippen molar-refractivity contribution in [1.82, 2.24) is 0 Å². The van der Waals surface area contributed by atoms with Crippen LogP contribution in [0.4, 0.5) is 11.4 Å². The molecule has 0 aromatic heterocycles. The third-order valence-corrected chi connectivity index (χ3v) is 4.88. The van der Waals surface area contributed by atoms with Crippen molar-refractivity contribution >= 4 is 23.2 Å². The fourth-order valence-electron chi connectivity index (χ4n) is 3.18. The molecule has 0 saturated heterocycles. The Morgan fingerprint density at radius 3 is 1.29 bits per heavy atom. The molecule has 0 aliphatic heterocycles. The molecule has 0 spiro atoms. The molecule has 0 bridgehead atoms. The van der Waals surface area contributed by atoms with Crippen molar-refractivity contribution in [3.05, 3.63) is 71.8 Å². The number of hydrogen-bond donors (Lipinski definition) is 2. The third kappa shape index (κ3) is 5.98. The van der Waals surface area contributed by atoms with Gasteiger partial charge in [-0.05, 0) is 62.4 Å². The van der Waals surface area contributed by atoms with Gasteiger partial charge >= 0.3 is 0 Å². The highest BCUT2D eigenvalue weighted by Gasteiger charge is 2.18. The van der Waals surface area contributed by atoms with Crippen LogP contribution in [0.3, 0.4) is 0 Å². The maximum Gasteiger partial charge on any atom is 0.255 e. The summed E-state index contributed by atoms with van der Waals surface area (Å²) in [4.78, 5) is 25.6. The van der Waals surface area contributed by atoms with Crippen LogP contribution in [0, 0.1) is 0 Å². The van der Waals surface area contributed by atoms with Crippen LogP contribution in [0.25, 0.3) is 0 Å². The van der Waals surface area contributed by atoms with Gasteiger partial charge < -0.3 is 29.6 Å². The molecular weight excluding hydrogens is 436 g/mol. The zero-order chi connectivity index (χ0) is 24.5. The van der Waals surface area contributed by atoms with Crippen LogP contribution >= 0.6 is 0 Å². The highest BCUT2D eigenvalue weighted by molar-refractivity contribution is 6.07. The number of carbonyl (C=O) groups is 2. The zero-order valence-electron chi connectivity index (χ0n) is 19.6. The Kier molecular flexibility index (Phi) is 8.34. The molecule has 0 saturated carbocycles. The van der Waals surface area contributed by atoms with Crippen molar-refractivity contribution < 1.29 is 28.5 Å². The first-order chi connectivity index (χ1) is 16.5. The van der Waals surface area contributed by atoms with Crippen molar-refractivity contribution in [3.63, 3.8) is 0 Å². The number of methoxy groups -OCH3 is 2. The Morgan fingerprint density at radius 1 is 0.647 bits per heavy atom. The summed E-state index contributed by atoms with van der Waals surface area (Å²) in [5.74, 6) is 1.47. The fourth-order valence-corrected chi connectivity index (χ4v) is 3.18. The molecule has 2 amide bonds. The summed E-state index contributed by atoms with van der Waals surface area (Å²) in [6.45, 7) is 4.40. The van der Waals surface area contributed by atoms with Gasteiger partial charge in [0, 0.05) is 23.3 Å². The van der Waals surface area contributed by atoms with Crippen LogP contribution in [0.15, 0.2) is 60.7 Å².